The number of carbonyl (C=O) groups excluding carboxylic acids is 2. The number of carbonyl (C=O) groups is 2. The number of aliphatic hydroxyl groups excluding tert-OH is 2. The van der Waals surface area contributed by atoms with Crippen molar-refractivity contribution >= 4 is 103 Å². The average Bonchev–Trinajstić information content (AvgIpc) is 2.92. The van der Waals surface area contributed by atoms with E-state index < -0.39 is 22.4 Å². The molecule has 0 aliphatic carbocycles. The zero-order valence-electron chi connectivity index (χ0n) is 22.2. The largest absolute Gasteiger partial charge is 0.611 e. The van der Waals surface area contributed by atoms with Crippen LogP contribution >= 0.6 is 58.8 Å². The first-order valence-electron chi connectivity index (χ1n) is 12.5. The topological polar surface area (TPSA) is 169 Å². The van der Waals surface area contributed by atoms with Crippen molar-refractivity contribution in [3.05, 3.63) is 0 Å². The van der Waals surface area contributed by atoms with Crippen LogP contribution in [0.25, 0.3) is 0 Å². The maximum absolute atomic E-state index is 12.0. The number of hydrogen-bond donors (Lipinski definition) is 4. The Hall–Kier alpha value is 0.570. The number of thioether (sulfide) groups is 5. The first-order valence-corrected chi connectivity index (χ1v) is 20.7. The van der Waals surface area contributed by atoms with Crippen molar-refractivity contribution in [2.24, 2.45) is 9.98 Å². The van der Waals surface area contributed by atoms with E-state index in [4.69, 9.17) is 10.2 Å². The summed E-state index contributed by atoms with van der Waals surface area (Å²) in [5, 5.41) is 22.9. The van der Waals surface area contributed by atoms with Gasteiger partial charge < -0.3 is 30.0 Å². The Morgan fingerprint density at radius 1 is 0.667 bits per heavy atom. The molecule has 0 aromatic carbocycles. The van der Waals surface area contributed by atoms with Gasteiger partial charge in [-0.25, -0.2) is 9.98 Å². The summed E-state index contributed by atoms with van der Waals surface area (Å²) in [7, 11) is 0. The van der Waals surface area contributed by atoms with Crippen molar-refractivity contribution in [2.45, 2.75) is 12.8 Å². The highest BCUT2D eigenvalue weighted by molar-refractivity contribution is 8.14. The lowest BCUT2D eigenvalue weighted by Crippen LogP contribution is -2.22. The lowest BCUT2D eigenvalue weighted by molar-refractivity contribution is 0.260. The van der Waals surface area contributed by atoms with Crippen LogP contribution in [0, 0.1) is 0 Å². The number of nitrogens with zero attached hydrogens (tertiary/aromatic N) is 2. The molecular weight excluding hydrogens is 641 g/mol. The van der Waals surface area contributed by atoms with Gasteiger partial charge in [-0.1, -0.05) is 23.5 Å². The SMILES string of the molecule is O=C(NCCSCC/N=C/[S+]([O-])CCSCCSC(=O)NCCSCC/N=C/[S+]([O-])CCCO)SCCCO. The molecule has 0 aromatic heterocycles. The normalized spacial score (nSPS) is 13.2. The van der Waals surface area contributed by atoms with Gasteiger partial charge in [0.2, 0.25) is 11.1 Å². The van der Waals surface area contributed by atoms with E-state index in [1.54, 1.807) is 35.3 Å². The van der Waals surface area contributed by atoms with Crippen molar-refractivity contribution in [1.82, 2.24) is 10.6 Å². The van der Waals surface area contributed by atoms with Crippen molar-refractivity contribution in [2.75, 3.05) is 96.9 Å². The van der Waals surface area contributed by atoms with Crippen LogP contribution in [0.2, 0.25) is 0 Å². The molecular formula is C22H42N4O6S7. The molecule has 0 rings (SSSR count). The molecule has 0 fully saturated rings. The quantitative estimate of drug-likeness (QED) is 0.0457. The van der Waals surface area contributed by atoms with E-state index in [1.165, 1.54) is 34.6 Å². The minimum atomic E-state index is -1.11. The van der Waals surface area contributed by atoms with Gasteiger partial charge in [-0.15, -0.1) is 0 Å². The zero-order valence-corrected chi connectivity index (χ0v) is 27.9. The molecule has 228 valence electrons. The highest BCUT2D eigenvalue weighted by Crippen LogP contribution is 2.09. The molecule has 0 bridgehead atoms. The molecule has 4 N–H and O–H groups in total. The summed E-state index contributed by atoms with van der Waals surface area (Å²) in [6.07, 6.45) is 1.13. The van der Waals surface area contributed by atoms with E-state index in [9.17, 15) is 18.7 Å². The molecule has 0 aliphatic heterocycles. The van der Waals surface area contributed by atoms with E-state index >= 15 is 0 Å². The van der Waals surface area contributed by atoms with Gasteiger partial charge in [0.05, 0.1) is 13.1 Å². The molecule has 2 unspecified atom stereocenters. The molecule has 0 saturated heterocycles. The van der Waals surface area contributed by atoms with Gasteiger partial charge >= 0.3 is 0 Å². The predicted molar refractivity (Wildman–Crippen MR) is 180 cm³/mol. The van der Waals surface area contributed by atoms with Crippen molar-refractivity contribution in [3.63, 3.8) is 0 Å². The van der Waals surface area contributed by atoms with Gasteiger partial charge in [0, 0.05) is 78.7 Å². The number of aliphatic imine (C=N–C) groups is 2. The third-order valence-corrected chi connectivity index (χ3v) is 11.3. The monoisotopic (exact) mass is 682 g/mol. The molecule has 2 atom stereocenters. The zero-order chi connectivity index (χ0) is 28.8. The van der Waals surface area contributed by atoms with Gasteiger partial charge in [0.1, 0.15) is 11.5 Å². The Balaban J connectivity index is 3.46. The van der Waals surface area contributed by atoms with Gasteiger partial charge in [-0.2, -0.15) is 35.3 Å². The second kappa shape index (κ2) is 31.5. The van der Waals surface area contributed by atoms with E-state index in [0.717, 1.165) is 34.5 Å². The first kappa shape index (κ1) is 39.6. The molecule has 10 nitrogen and oxygen atoms in total. The predicted octanol–water partition coefficient (Wildman–Crippen LogP) is 2.39. The standard InChI is InChI=1S/C22H42N4O6S7/c27-7-1-9-36-21(29)25-5-12-34-11-4-24-20-39(32)18-16-35-14-15-37-22(30)26-6-13-33-10-3-23-19-38(31)17-2-8-28/h19-20,27-28H,1-18H2,(H,25,29)(H,26,30)/b23-19+,24-20+. The maximum atomic E-state index is 12.0. The number of amides is 2. The third-order valence-electron chi connectivity index (χ3n) is 4.07. The van der Waals surface area contributed by atoms with Crippen LogP contribution in [0.3, 0.4) is 0 Å². The Labute approximate surface area is 260 Å². The molecule has 0 radical (unpaired) electrons. The highest BCUT2D eigenvalue weighted by Gasteiger charge is 2.05. The van der Waals surface area contributed by atoms with Crippen LogP contribution in [0.5, 0.6) is 0 Å². The van der Waals surface area contributed by atoms with Crippen LogP contribution in [-0.4, -0.2) is 138 Å². The lowest BCUT2D eigenvalue weighted by atomic mass is 10.5. The average molecular weight is 683 g/mol. The number of hydrogen-bond acceptors (Lipinski definition) is 13. The van der Waals surface area contributed by atoms with Crippen LogP contribution in [0.1, 0.15) is 12.8 Å². The smallest absolute Gasteiger partial charge is 0.279 e. The molecule has 0 aliphatic rings. The fraction of sp³-hybridized carbons (Fsp3) is 0.818. The van der Waals surface area contributed by atoms with Crippen molar-refractivity contribution < 1.29 is 28.9 Å². The van der Waals surface area contributed by atoms with Gasteiger partial charge in [0.25, 0.3) is 10.5 Å². The van der Waals surface area contributed by atoms with E-state index in [0.29, 0.717) is 62.0 Å². The Bertz CT molecular complexity index is 656. The van der Waals surface area contributed by atoms with E-state index in [2.05, 4.69) is 20.6 Å². The molecule has 39 heavy (non-hydrogen) atoms. The first-order chi connectivity index (χ1) is 19.0. The van der Waals surface area contributed by atoms with Crippen LogP contribution < -0.4 is 10.6 Å². The van der Waals surface area contributed by atoms with E-state index in [-0.39, 0.29) is 23.7 Å². The summed E-state index contributed by atoms with van der Waals surface area (Å²) in [6, 6.07) is 0. The molecule has 2 amide bonds. The third kappa shape index (κ3) is 31.3. The van der Waals surface area contributed by atoms with Crippen molar-refractivity contribution in [1.29, 1.82) is 0 Å². The fourth-order valence-corrected chi connectivity index (χ4v) is 7.97. The number of aliphatic hydroxyl groups is 2. The van der Waals surface area contributed by atoms with Gasteiger partial charge in [-0.3, -0.25) is 9.59 Å². The molecule has 0 spiro atoms. The molecule has 0 saturated carbocycles. The van der Waals surface area contributed by atoms with Crippen LogP contribution in [-0.2, 0) is 22.4 Å². The summed E-state index contributed by atoms with van der Waals surface area (Å²) < 4.78 is 23.4. The Morgan fingerprint density at radius 3 is 1.74 bits per heavy atom. The van der Waals surface area contributed by atoms with Gasteiger partial charge in [0.15, 0.2) is 0 Å². The molecule has 0 heterocycles. The fourth-order valence-electron chi connectivity index (χ4n) is 2.24. The Morgan fingerprint density at radius 2 is 1.18 bits per heavy atom. The van der Waals surface area contributed by atoms with Gasteiger partial charge in [-0.05, 0) is 28.8 Å². The summed E-state index contributed by atoms with van der Waals surface area (Å²) in [6.45, 7) is 2.50. The summed E-state index contributed by atoms with van der Waals surface area (Å²) in [5.41, 5.74) is 2.95. The minimum absolute atomic E-state index is 0.0393. The number of nitrogens with one attached hydrogen (secondary N) is 2. The molecule has 17 heteroatoms. The number of rotatable bonds is 26. The van der Waals surface area contributed by atoms with Crippen LogP contribution in [0.15, 0.2) is 9.98 Å². The lowest BCUT2D eigenvalue weighted by Gasteiger charge is -2.06. The summed E-state index contributed by atoms with van der Waals surface area (Å²) in [5.74, 6) is 7.05. The second-order valence-electron chi connectivity index (χ2n) is 7.31. The Kier molecular flexibility index (Phi) is 32.0. The summed E-state index contributed by atoms with van der Waals surface area (Å²) in [4.78, 5) is 31.7. The molecule has 0 aromatic rings. The van der Waals surface area contributed by atoms with Crippen molar-refractivity contribution in [3.8, 4) is 0 Å². The maximum Gasteiger partial charge on any atom is 0.279 e. The van der Waals surface area contributed by atoms with E-state index in [1.807, 2.05) is 0 Å². The second-order valence-corrected chi connectivity index (χ2v) is 15.9. The highest BCUT2D eigenvalue weighted by atomic mass is 32.2. The summed E-state index contributed by atoms with van der Waals surface area (Å²) >= 11 is 5.27. The van der Waals surface area contributed by atoms with Crippen LogP contribution in [0.4, 0.5) is 9.59 Å². The minimum Gasteiger partial charge on any atom is -0.611 e.